The van der Waals surface area contributed by atoms with Gasteiger partial charge in [-0.05, 0) is 36.1 Å². The quantitative estimate of drug-likeness (QED) is 0.869. The lowest BCUT2D eigenvalue weighted by molar-refractivity contribution is 0.419. The second-order valence-electron chi connectivity index (χ2n) is 6.00. The van der Waals surface area contributed by atoms with E-state index in [-0.39, 0.29) is 10.3 Å². The standard InChI is InChI=1S/C14H16N2O3S/c1-14(2)8-11(14)12-15-13(19-16-12)9-4-6-10(7-5-9)20(3,17)18/h4-7,11H,8H2,1-3H3. The van der Waals surface area contributed by atoms with E-state index >= 15 is 0 Å². The Morgan fingerprint density at radius 1 is 1.25 bits per heavy atom. The lowest BCUT2D eigenvalue weighted by Crippen LogP contribution is -1.96. The van der Waals surface area contributed by atoms with Crippen molar-refractivity contribution >= 4 is 9.84 Å². The maximum Gasteiger partial charge on any atom is 0.257 e. The second kappa shape index (κ2) is 4.15. The predicted molar refractivity (Wildman–Crippen MR) is 74.0 cm³/mol. The Balaban J connectivity index is 1.87. The van der Waals surface area contributed by atoms with E-state index in [1.807, 2.05) is 0 Å². The molecule has 1 saturated carbocycles. The number of aromatic nitrogens is 2. The molecule has 20 heavy (non-hydrogen) atoms. The molecule has 0 radical (unpaired) electrons. The summed E-state index contributed by atoms with van der Waals surface area (Å²) in [5, 5.41) is 4.02. The van der Waals surface area contributed by atoms with Crippen LogP contribution in [0.2, 0.25) is 0 Å². The SMILES string of the molecule is CC1(C)CC1c1noc(-c2ccc(S(C)(=O)=O)cc2)n1. The molecule has 2 aromatic rings. The van der Waals surface area contributed by atoms with E-state index in [1.54, 1.807) is 24.3 Å². The van der Waals surface area contributed by atoms with Crippen LogP contribution in [0.25, 0.3) is 11.5 Å². The van der Waals surface area contributed by atoms with Gasteiger partial charge in [0.15, 0.2) is 15.7 Å². The monoisotopic (exact) mass is 292 g/mol. The van der Waals surface area contributed by atoms with Crippen LogP contribution in [-0.2, 0) is 9.84 Å². The fourth-order valence-corrected chi connectivity index (χ4v) is 2.88. The van der Waals surface area contributed by atoms with E-state index in [9.17, 15) is 8.42 Å². The molecule has 3 rings (SSSR count). The molecule has 0 aliphatic heterocycles. The maximum absolute atomic E-state index is 11.4. The van der Waals surface area contributed by atoms with Gasteiger partial charge in [0.25, 0.3) is 5.89 Å². The molecular formula is C14H16N2O3S. The second-order valence-corrected chi connectivity index (χ2v) is 8.02. The average Bonchev–Trinajstić information content (AvgIpc) is 2.82. The highest BCUT2D eigenvalue weighted by atomic mass is 32.2. The number of hydrogen-bond donors (Lipinski definition) is 0. The van der Waals surface area contributed by atoms with Crippen LogP contribution in [0.15, 0.2) is 33.7 Å². The van der Waals surface area contributed by atoms with Crippen molar-refractivity contribution in [2.45, 2.75) is 31.1 Å². The molecule has 0 saturated heterocycles. The van der Waals surface area contributed by atoms with E-state index < -0.39 is 9.84 Å². The van der Waals surface area contributed by atoms with Crippen molar-refractivity contribution in [2.75, 3.05) is 6.26 Å². The highest BCUT2D eigenvalue weighted by Gasteiger charge is 2.49. The van der Waals surface area contributed by atoms with Crippen molar-refractivity contribution < 1.29 is 12.9 Å². The van der Waals surface area contributed by atoms with Crippen molar-refractivity contribution in [1.82, 2.24) is 10.1 Å². The Hall–Kier alpha value is -1.69. The van der Waals surface area contributed by atoms with E-state index in [4.69, 9.17) is 4.52 Å². The Morgan fingerprint density at radius 3 is 2.35 bits per heavy atom. The van der Waals surface area contributed by atoms with E-state index in [0.29, 0.717) is 11.8 Å². The zero-order valence-corrected chi connectivity index (χ0v) is 12.4. The van der Waals surface area contributed by atoms with Gasteiger partial charge in [-0.25, -0.2) is 8.42 Å². The Bertz CT molecular complexity index is 745. The highest BCUT2D eigenvalue weighted by Crippen LogP contribution is 2.57. The fourth-order valence-electron chi connectivity index (χ4n) is 2.25. The molecule has 1 aliphatic carbocycles. The molecule has 106 valence electrons. The van der Waals surface area contributed by atoms with Crippen LogP contribution in [0, 0.1) is 5.41 Å². The van der Waals surface area contributed by atoms with Crippen molar-refractivity contribution in [3.8, 4) is 11.5 Å². The molecule has 1 fully saturated rings. The zero-order valence-electron chi connectivity index (χ0n) is 11.6. The van der Waals surface area contributed by atoms with Gasteiger partial charge < -0.3 is 4.52 Å². The average molecular weight is 292 g/mol. The van der Waals surface area contributed by atoms with Gasteiger partial charge in [0.2, 0.25) is 0 Å². The van der Waals surface area contributed by atoms with Gasteiger partial charge in [-0.15, -0.1) is 0 Å². The first kappa shape index (κ1) is 13.3. The van der Waals surface area contributed by atoms with Gasteiger partial charge in [0, 0.05) is 17.7 Å². The van der Waals surface area contributed by atoms with Crippen LogP contribution >= 0.6 is 0 Å². The summed E-state index contributed by atoms with van der Waals surface area (Å²) in [6.07, 6.45) is 2.25. The Kier molecular flexibility index (Phi) is 2.76. The summed E-state index contributed by atoms with van der Waals surface area (Å²) in [5.74, 6) is 1.52. The first-order valence-corrected chi connectivity index (χ1v) is 8.31. The van der Waals surface area contributed by atoms with Gasteiger partial charge in [0.1, 0.15) is 0 Å². The summed E-state index contributed by atoms with van der Waals surface area (Å²) in [7, 11) is -3.18. The molecule has 0 bridgehead atoms. The van der Waals surface area contributed by atoms with E-state index in [2.05, 4.69) is 24.0 Å². The maximum atomic E-state index is 11.4. The Labute approximate surface area is 117 Å². The summed E-state index contributed by atoms with van der Waals surface area (Å²) >= 11 is 0. The molecule has 1 unspecified atom stereocenters. The molecule has 6 heteroatoms. The Morgan fingerprint density at radius 2 is 1.85 bits per heavy atom. The number of nitrogens with zero attached hydrogens (tertiary/aromatic N) is 2. The van der Waals surface area contributed by atoms with Crippen LogP contribution in [0.3, 0.4) is 0 Å². The lowest BCUT2D eigenvalue weighted by Gasteiger charge is -1.98. The van der Waals surface area contributed by atoms with Crippen molar-refractivity contribution in [1.29, 1.82) is 0 Å². The molecule has 5 nitrogen and oxygen atoms in total. The molecule has 0 spiro atoms. The largest absolute Gasteiger partial charge is 0.334 e. The molecule has 1 heterocycles. The van der Waals surface area contributed by atoms with Gasteiger partial charge in [-0.1, -0.05) is 19.0 Å². The molecule has 1 atom stereocenters. The predicted octanol–water partition coefficient (Wildman–Crippen LogP) is 2.65. The van der Waals surface area contributed by atoms with Crippen molar-refractivity contribution in [3.63, 3.8) is 0 Å². The van der Waals surface area contributed by atoms with Crippen molar-refractivity contribution in [2.24, 2.45) is 5.41 Å². The molecule has 0 amide bonds. The van der Waals surface area contributed by atoms with Crippen LogP contribution in [-0.4, -0.2) is 24.8 Å². The molecule has 1 aliphatic rings. The summed E-state index contributed by atoms with van der Waals surface area (Å²) in [5.41, 5.74) is 0.982. The first-order chi connectivity index (χ1) is 9.27. The summed E-state index contributed by atoms with van der Waals surface area (Å²) in [4.78, 5) is 4.68. The highest BCUT2D eigenvalue weighted by molar-refractivity contribution is 7.90. The molecular weight excluding hydrogens is 276 g/mol. The minimum absolute atomic E-state index is 0.251. The zero-order chi connectivity index (χ0) is 14.5. The third kappa shape index (κ3) is 2.35. The van der Waals surface area contributed by atoms with Crippen LogP contribution < -0.4 is 0 Å². The van der Waals surface area contributed by atoms with Gasteiger partial charge >= 0.3 is 0 Å². The van der Waals surface area contributed by atoms with E-state index in [1.165, 1.54) is 6.26 Å². The van der Waals surface area contributed by atoms with Gasteiger partial charge in [-0.2, -0.15) is 4.98 Å². The minimum atomic E-state index is -3.18. The minimum Gasteiger partial charge on any atom is -0.334 e. The summed E-state index contributed by atoms with van der Waals surface area (Å²) < 4.78 is 28.1. The van der Waals surface area contributed by atoms with Gasteiger partial charge in [0.05, 0.1) is 4.90 Å². The number of sulfone groups is 1. The number of hydrogen-bond acceptors (Lipinski definition) is 5. The first-order valence-electron chi connectivity index (χ1n) is 6.41. The van der Waals surface area contributed by atoms with Crippen molar-refractivity contribution in [3.05, 3.63) is 30.1 Å². The molecule has 0 N–H and O–H groups in total. The smallest absolute Gasteiger partial charge is 0.257 e. The number of rotatable bonds is 3. The van der Waals surface area contributed by atoms with Crippen LogP contribution in [0.4, 0.5) is 0 Å². The fraction of sp³-hybridized carbons (Fsp3) is 0.429. The third-order valence-corrected chi connectivity index (χ3v) is 4.92. The molecule has 1 aromatic heterocycles. The normalized spacial score (nSPS) is 20.9. The number of benzene rings is 1. The topological polar surface area (TPSA) is 73.1 Å². The lowest BCUT2D eigenvalue weighted by atomic mass is 10.1. The third-order valence-electron chi connectivity index (χ3n) is 3.80. The summed E-state index contributed by atoms with van der Waals surface area (Å²) in [6.45, 7) is 4.35. The van der Waals surface area contributed by atoms with Gasteiger partial charge in [-0.3, -0.25) is 0 Å². The summed E-state index contributed by atoms with van der Waals surface area (Å²) in [6, 6.07) is 6.47. The van der Waals surface area contributed by atoms with Crippen LogP contribution in [0.5, 0.6) is 0 Å². The molecule has 1 aromatic carbocycles. The van der Waals surface area contributed by atoms with Crippen LogP contribution in [0.1, 0.15) is 32.0 Å². The van der Waals surface area contributed by atoms with E-state index in [0.717, 1.165) is 17.8 Å².